The molecule has 0 bridgehead atoms. The Morgan fingerprint density at radius 3 is 2.48 bits per heavy atom. The normalized spacial score (nSPS) is 17.9. The third-order valence-electron chi connectivity index (χ3n) is 4.81. The summed E-state index contributed by atoms with van der Waals surface area (Å²) >= 11 is 18.4. The lowest BCUT2D eigenvalue weighted by Gasteiger charge is -2.23. The number of furan rings is 1. The van der Waals surface area contributed by atoms with E-state index in [-0.39, 0.29) is 32.7 Å². The van der Waals surface area contributed by atoms with Crippen molar-refractivity contribution in [3.8, 4) is 5.75 Å². The number of ketones is 1. The average Bonchev–Trinajstić information content (AvgIpc) is 3.34. The fourth-order valence-electron chi connectivity index (χ4n) is 3.53. The van der Waals surface area contributed by atoms with Crippen LogP contribution in [-0.2, 0) is 9.59 Å². The first kappa shape index (κ1) is 21.3. The Balaban J connectivity index is 1.99. The summed E-state index contributed by atoms with van der Waals surface area (Å²) in [6.07, 6.45) is 1.41. The van der Waals surface area contributed by atoms with Crippen LogP contribution in [-0.4, -0.2) is 23.9 Å². The first-order chi connectivity index (χ1) is 14.8. The molecule has 9 heteroatoms. The number of aliphatic hydroxyl groups is 1. The number of carbonyl (C=O) groups excluding carboxylic acids is 2. The summed E-state index contributed by atoms with van der Waals surface area (Å²) in [5.41, 5.74) is 0.239. The monoisotopic (exact) mass is 477 g/mol. The Hall–Kier alpha value is -2.93. The number of methoxy groups -OCH3 is 1. The van der Waals surface area contributed by atoms with Gasteiger partial charge in [-0.15, -0.1) is 0 Å². The predicted octanol–water partition coefficient (Wildman–Crippen LogP) is 5.87. The summed E-state index contributed by atoms with van der Waals surface area (Å²) < 4.78 is 10.8. The van der Waals surface area contributed by atoms with Gasteiger partial charge < -0.3 is 14.3 Å². The number of benzene rings is 2. The summed E-state index contributed by atoms with van der Waals surface area (Å²) in [5.74, 6) is -1.87. The molecule has 2 aromatic carbocycles. The van der Waals surface area contributed by atoms with Crippen molar-refractivity contribution >= 4 is 57.9 Å². The molecule has 0 aliphatic carbocycles. The summed E-state index contributed by atoms with van der Waals surface area (Å²) in [4.78, 5) is 27.3. The Kier molecular flexibility index (Phi) is 5.71. The number of Topliss-reactive ketones (excluding diaryl/α,β-unsaturated/α-hetero) is 1. The molecular formula is C22H14Cl3NO5. The summed E-state index contributed by atoms with van der Waals surface area (Å²) in [6.45, 7) is 0. The molecule has 1 aromatic heterocycles. The van der Waals surface area contributed by atoms with Crippen LogP contribution in [0.1, 0.15) is 17.4 Å². The smallest absolute Gasteiger partial charge is 0.300 e. The molecule has 6 nitrogen and oxygen atoms in total. The molecule has 31 heavy (non-hydrogen) atoms. The molecule has 1 amide bonds. The minimum atomic E-state index is -1.05. The summed E-state index contributed by atoms with van der Waals surface area (Å²) in [6, 6.07) is 11.5. The zero-order valence-electron chi connectivity index (χ0n) is 15.9. The van der Waals surface area contributed by atoms with Crippen molar-refractivity contribution in [1.29, 1.82) is 0 Å². The second-order valence-corrected chi connectivity index (χ2v) is 7.91. The molecule has 0 spiro atoms. The second-order valence-electron chi connectivity index (χ2n) is 6.63. The van der Waals surface area contributed by atoms with Gasteiger partial charge in [0, 0.05) is 15.7 Å². The number of rotatable bonds is 4. The highest BCUT2D eigenvalue weighted by atomic mass is 35.5. The fraction of sp³-hybridized carbons (Fsp3) is 0.0909. The molecule has 0 saturated carbocycles. The van der Waals surface area contributed by atoms with Crippen LogP contribution in [0.4, 0.5) is 5.69 Å². The van der Waals surface area contributed by atoms with Crippen LogP contribution in [0.5, 0.6) is 5.75 Å². The van der Waals surface area contributed by atoms with Gasteiger partial charge in [-0.05, 0) is 42.5 Å². The van der Waals surface area contributed by atoms with Crippen molar-refractivity contribution in [3.05, 3.63) is 86.8 Å². The quantitative estimate of drug-likeness (QED) is 0.288. The molecule has 1 aliphatic heterocycles. The van der Waals surface area contributed by atoms with E-state index < -0.39 is 23.5 Å². The molecule has 2 heterocycles. The van der Waals surface area contributed by atoms with E-state index in [0.29, 0.717) is 10.7 Å². The number of hydrogen-bond donors (Lipinski definition) is 1. The maximum atomic E-state index is 13.1. The van der Waals surface area contributed by atoms with E-state index in [0.717, 1.165) is 0 Å². The van der Waals surface area contributed by atoms with E-state index >= 15 is 0 Å². The van der Waals surface area contributed by atoms with Gasteiger partial charge in [0.1, 0.15) is 23.3 Å². The first-order valence-corrected chi connectivity index (χ1v) is 10.1. The predicted molar refractivity (Wildman–Crippen MR) is 118 cm³/mol. The van der Waals surface area contributed by atoms with E-state index in [2.05, 4.69) is 0 Å². The van der Waals surface area contributed by atoms with Gasteiger partial charge in [-0.1, -0.05) is 40.9 Å². The third-order valence-corrected chi connectivity index (χ3v) is 5.55. The van der Waals surface area contributed by atoms with Gasteiger partial charge in [-0.25, -0.2) is 0 Å². The molecule has 158 valence electrons. The van der Waals surface area contributed by atoms with E-state index in [1.54, 1.807) is 36.4 Å². The largest absolute Gasteiger partial charge is 0.507 e. The van der Waals surface area contributed by atoms with Crippen LogP contribution in [0, 0.1) is 0 Å². The van der Waals surface area contributed by atoms with Gasteiger partial charge in [0.15, 0.2) is 0 Å². The molecule has 1 saturated heterocycles. The zero-order chi connectivity index (χ0) is 22.3. The van der Waals surface area contributed by atoms with Gasteiger partial charge in [-0.3, -0.25) is 14.5 Å². The number of aliphatic hydroxyl groups excluding tert-OH is 1. The SMILES string of the molecule is COc1c(Cl)cc(Cl)cc1/C(O)=C1/C(=O)C(=O)N(c2cccc(Cl)c2)C1c1ccco1. The maximum Gasteiger partial charge on any atom is 0.300 e. The molecule has 1 unspecified atom stereocenters. The van der Waals surface area contributed by atoms with Crippen LogP contribution in [0.15, 0.2) is 64.8 Å². The Bertz CT molecular complexity index is 1220. The minimum Gasteiger partial charge on any atom is -0.507 e. The topological polar surface area (TPSA) is 80.0 Å². The van der Waals surface area contributed by atoms with Crippen molar-refractivity contribution in [3.63, 3.8) is 0 Å². The highest BCUT2D eigenvalue weighted by Crippen LogP contribution is 2.45. The zero-order valence-corrected chi connectivity index (χ0v) is 18.2. The lowest BCUT2D eigenvalue weighted by atomic mass is 9.98. The van der Waals surface area contributed by atoms with E-state index in [1.165, 1.54) is 30.4 Å². The summed E-state index contributed by atoms with van der Waals surface area (Å²) in [7, 11) is 1.36. The van der Waals surface area contributed by atoms with Crippen LogP contribution >= 0.6 is 34.8 Å². The lowest BCUT2D eigenvalue weighted by molar-refractivity contribution is -0.132. The molecule has 3 aromatic rings. The van der Waals surface area contributed by atoms with E-state index in [9.17, 15) is 14.7 Å². The number of nitrogens with zero attached hydrogens (tertiary/aromatic N) is 1. The standard InChI is InChI=1S/C22H14Cl3NO5/c1-30-21-14(9-12(24)10-15(21)25)19(27)17-18(16-6-3-7-31-16)26(22(29)20(17)28)13-5-2-4-11(23)8-13/h2-10,18,27H,1H3/b19-17-. The van der Waals surface area contributed by atoms with E-state index in [1.807, 2.05) is 0 Å². The highest BCUT2D eigenvalue weighted by Gasteiger charge is 2.48. The molecule has 1 fully saturated rings. The third kappa shape index (κ3) is 3.67. The van der Waals surface area contributed by atoms with Gasteiger partial charge in [0.2, 0.25) is 0 Å². The number of anilines is 1. The Morgan fingerprint density at radius 2 is 1.84 bits per heavy atom. The van der Waals surface area contributed by atoms with Gasteiger partial charge >= 0.3 is 0 Å². The minimum absolute atomic E-state index is 0.0700. The highest BCUT2D eigenvalue weighted by molar-refractivity contribution is 6.52. The number of carbonyl (C=O) groups is 2. The van der Waals surface area contributed by atoms with Crippen LogP contribution in [0.3, 0.4) is 0 Å². The molecule has 1 aliphatic rings. The van der Waals surface area contributed by atoms with Crippen LogP contribution in [0.2, 0.25) is 15.1 Å². The van der Waals surface area contributed by atoms with E-state index in [4.69, 9.17) is 44.0 Å². The number of halogens is 3. The lowest BCUT2D eigenvalue weighted by Crippen LogP contribution is -2.29. The van der Waals surface area contributed by atoms with Crippen molar-refractivity contribution in [2.24, 2.45) is 0 Å². The van der Waals surface area contributed by atoms with Crippen molar-refractivity contribution < 1.29 is 23.8 Å². The Morgan fingerprint density at radius 1 is 1.06 bits per heavy atom. The van der Waals surface area contributed by atoms with Gasteiger partial charge in [0.05, 0.1) is 29.5 Å². The average molecular weight is 479 g/mol. The molecule has 0 radical (unpaired) electrons. The second kappa shape index (κ2) is 8.30. The maximum absolute atomic E-state index is 13.1. The molecular weight excluding hydrogens is 465 g/mol. The number of amides is 1. The van der Waals surface area contributed by atoms with Crippen molar-refractivity contribution in [1.82, 2.24) is 0 Å². The Labute approximate surface area is 192 Å². The molecule has 1 N–H and O–H groups in total. The summed E-state index contributed by atoms with van der Waals surface area (Å²) in [5, 5.41) is 11.9. The number of hydrogen-bond acceptors (Lipinski definition) is 5. The van der Waals surface area contributed by atoms with Crippen molar-refractivity contribution in [2.75, 3.05) is 12.0 Å². The number of ether oxygens (including phenoxy) is 1. The van der Waals surface area contributed by atoms with Crippen molar-refractivity contribution in [2.45, 2.75) is 6.04 Å². The molecule has 1 atom stereocenters. The van der Waals surface area contributed by atoms with Gasteiger partial charge in [0.25, 0.3) is 11.7 Å². The fourth-order valence-corrected chi connectivity index (χ4v) is 4.28. The first-order valence-electron chi connectivity index (χ1n) is 8.97. The van der Waals surface area contributed by atoms with Gasteiger partial charge in [-0.2, -0.15) is 0 Å². The molecule has 4 rings (SSSR count). The van der Waals surface area contributed by atoms with Crippen LogP contribution < -0.4 is 9.64 Å². The van der Waals surface area contributed by atoms with Crippen LogP contribution in [0.25, 0.3) is 5.76 Å².